The molecule has 0 aromatic rings. The lowest BCUT2D eigenvalue weighted by Gasteiger charge is -2.24. The largest absolute Gasteiger partial charge is 0.469 e. The fraction of sp³-hybridized carbons (Fsp3) is 0.917. The Morgan fingerprint density at radius 2 is 1.94 bits per heavy atom. The number of rotatable bonds is 6. The Morgan fingerprint density at radius 1 is 1.31 bits per heavy atom. The van der Waals surface area contributed by atoms with Crippen LogP contribution in [0.5, 0.6) is 0 Å². The monoisotopic (exact) mass is 230 g/mol. The topological polar surface area (TPSA) is 48.1 Å². The van der Waals surface area contributed by atoms with Crippen LogP contribution in [0.15, 0.2) is 0 Å². The molecule has 0 aromatic carbocycles. The number of hydrogen-bond donors (Lipinski definition) is 0. The van der Waals surface area contributed by atoms with E-state index < -0.39 is 0 Å². The van der Waals surface area contributed by atoms with Crippen molar-refractivity contribution in [3.05, 3.63) is 0 Å². The fourth-order valence-electron chi connectivity index (χ4n) is 2.31. The SMILES string of the molecule is COC(=O)CC1OC1[C@H](C)[C@@H](OC)C(C)C. The van der Waals surface area contributed by atoms with Gasteiger partial charge in [0.15, 0.2) is 0 Å². The van der Waals surface area contributed by atoms with Crippen molar-refractivity contribution in [1.82, 2.24) is 0 Å². The predicted molar refractivity (Wildman–Crippen MR) is 60.1 cm³/mol. The van der Waals surface area contributed by atoms with Gasteiger partial charge in [0.2, 0.25) is 0 Å². The summed E-state index contributed by atoms with van der Waals surface area (Å²) in [6, 6.07) is 0. The average molecular weight is 230 g/mol. The number of esters is 1. The minimum absolute atomic E-state index is 0.0128. The summed E-state index contributed by atoms with van der Waals surface area (Å²) in [6.45, 7) is 6.36. The maximum atomic E-state index is 11.1. The summed E-state index contributed by atoms with van der Waals surface area (Å²) in [4.78, 5) is 11.1. The first-order valence-corrected chi connectivity index (χ1v) is 5.76. The summed E-state index contributed by atoms with van der Waals surface area (Å²) in [6.07, 6.45) is 0.665. The van der Waals surface area contributed by atoms with Gasteiger partial charge in [-0.3, -0.25) is 4.79 Å². The van der Waals surface area contributed by atoms with Crippen LogP contribution in [-0.2, 0) is 19.0 Å². The quantitative estimate of drug-likeness (QED) is 0.514. The zero-order valence-electron chi connectivity index (χ0n) is 10.7. The van der Waals surface area contributed by atoms with Gasteiger partial charge in [-0.2, -0.15) is 0 Å². The Labute approximate surface area is 97.2 Å². The maximum Gasteiger partial charge on any atom is 0.308 e. The molecule has 4 heteroatoms. The third kappa shape index (κ3) is 3.19. The second kappa shape index (κ2) is 5.64. The molecule has 1 saturated heterocycles. The van der Waals surface area contributed by atoms with E-state index in [0.29, 0.717) is 18.3 Å². The first-order valence-electron chi connectivity index (χ1n) is 5.76. The molecule has 1 heterocycles. The highest BCUT2D eigenvalue weighted by molar-refractivity contribution is 5.70. The van der Waals surface area contributed by atoms with Gasteiger partial charge in [-0.05, 0) is 5.92 Å². The predicted octanol–water partition coefficient (Wildman–Crippen LogP) is 1.62. The number of epoxide rings is 1. The minimum Gasteiger partial charge on any atom is -0.469 e. The van der Waals surface area contributed by atoms with Crippen LogP contribution in [0.25, 0.3) is 0 Å². The third-order valence-electron chi connectivity index (χ3n) is 3.18. The Bertz CT molecular complexity index is 239. The average Bonchev–Trinajstić information content (AvgIpc) is 2.97. The lowest BCUT2D eigenvalue weighted by Crippen LogP contribution is -2.30. The number of hydrogen-bond acceptors (Lipinski definition) is 4. The van der Waals surface area contributed by atoms with Gasteiger partial charge in [0.25, 0.3) is 0 Å². The standard InChI is InChI=1S/C12H22O4/c1-7(2)11(15-5)8(3)12-9(16-12)6-10(13)14-4/h7-9,11-12H,6H2,1-5H3/t8-,9?,11+,12?/m1/s1. The van der Waals surface area contributed by atoms with E-state index in [1.54, 1.807) is 7.11 Å². The molecule has 0 bridgehead atoms. The van der Waals surface area contributed by atoms with E-state index in [2.05, 4.69) is 25.5 Å². The van der Waals surface area contributed by atoms with Crippen LogP contribution in [0.2, 0.25) is 0 Å². The van der Waals surface area contributed by atoms with Crippen molar-refractivity contribution in [3.8, 4) is 0 Å². The molecule has 0 aliphatic carbocycles. The second-order valence-electron chi connectivity index (χ2n) is 4.72. The zero-order valence-corrected chi connectivity index (χ0v) is 10.7. The minimum atomic E-state index is -0.210. The summed E-state index contributed by atoms with van der Waals surface area (Å²) in [5, 5.41) is 0. The van der Waals surface area contributed by atoms with Crippen molar-refractivity contribution < 1.29 is 19.0 Å². The van der Waals surface area contributed by atoms with Gasteiger partial charge >= 0.3 is 5.97 Å². The fourth-order valence-corrected chi connectivity index (χ4v) is 2.31. The molecule has 4 nitrogen and oxygen atoms in total. The number of carbonyl (C=O) groups excluding carboxylic acids is 1. The van der Waals surface area contributed by atoms with E-state index in [1.165, 1.54) is 7.11 Å². The van der Waals surface area contributed by atoms with Gasteiger partial charge in [0.1, 0.15) is 0 Å². The first-order chi connectivity index (χ1) is 7.51. The Hall–Kier alpha value is -0.610. The van der Waals surface area contributed by atoms with Gasteiger partial charge in [0.05, 0.1) is 31.8 Å². The van der Waals surface area contributed by atoms with Crippen molar-refractivity contribution in [1.29, 1.82) is 0 Å². The van der Waals surface area contributed by atoms with Gasteiger partial charge in [-0.1, -0.05) is 20.8 Å². The van der Waals surface area contributed by atoms with Crippen LogP contribution in [0, 0.1) is 11.8 Å². The molecule has 0 aromatic heterocycles. The molecule has 0 radical (unpaired) electrons. The normalized spacial score (nSPS) is 27.6. The van der Waals surface area contributed by atoms with Crippen LogP contribution in [0.3, 0.4) is 0 Å². The van der Waals surface area contributed by atoms with Crippen molar-refractivity contribution in [2.45, 2.75) is 45.5 Å². The van der Waals surface area contributed by atoms with Crippen LogP contribution in [0.4, 0.5) is 0 Å². The van der Waals surface area contributed by atoms with Crippen LogP contribution in [-0.4, -0.2) is 38.5 Å². The molecule has 1 aliphatic rings. The van der Waals surface area contributed by atoms with Gasteiger partial charge in [0, 0.05) is 13.0 Å². The summed E-state index contributed by atoms with van der Waals surface area (Å²) in [7, 11) is 3.12. The van der Waals surface area contributed by atoms with Crippen LogP contribution >= 0.6 is 0 Å². The highest BCUT2D eigenvalue weighted by Crippen LogP contribution is 2.36. The van der Waals surface area contributed by atoms with E-state index in [-0.39, 0.29) is 24.3 Å². The van der Waals surface area contributed by atoms with E-state index >= 15 is 0 Å². The molecule has 0 saturated carbocycles. The molecule has 1 rings (SSSR count). The van der Waals surface area contributed by atoms with Crippen molar-refractivity contribution in [2.75, 3.05) is 14.2 Å². The molecule has 0 amide bonds. The second-order valence-corrected chi connectivity index (χ2v) is 4.72. The van der Waals surface area contributed by atoms with Gasteiger partial charge < -0.3 is 14.2 Å². The van der Waals surface area contributed by atoms with Gasteiger partial charge in [-0.25, -0.2) is 0 Å². The smallest absolute Gasteiger partial charge is 0.308 e. The van der Waals surface area contributed by atoms with E-state index in [9.17, 15) is 4.79 Å². The van der Waals surface area contributed by atoms with E-state index in [0.717, 1.165) is 0 Å². The molecular formula is C12H22O4. The van der Waals surface area contributed by atoms with E-state index in [4.69, 9.17) is 9.47 Å². The Kier molecular flexibility index (Phi) is 4.74. The molecule has 16 heavy (non-hydrogen) atoms. The van der Waals surface area contributed by atoms with Crippen LogP contribution < -0.4 is 0 Å². The van der Waals surface area contributed by atoms with Crippen molar-refractivity contribution in [2.24, 2.45) is 11.8 Å². The summed E-state index contributed by atoms with van der Waals surface area (Å²) < 4.78 is 15.6. The van der Waals surface area contributed by atoms with Crippen molar-refractivity contribution >= 4 is 5.97 Å². The molecule has 0 spiro atoms. The summed E-state index contributed by atoms with van der Waals surface area (Å²) in [5.74, 6) is 0.542. The first kappa shape index (κ1) is 13.5. The van der Waals surface area contributed by atoms with E-state index in [1.807, 2.05) is 0 Å². The molecule has 94 valence electrons. The molecule has 0 N–H and O–H groups in total. The van der Waals surface area contributed by atoms with Crippen LogP contribution in [0.1, 0.15) is 27.2 Å². The zero-order chi connectivity index (χ0) is 12.3. The highest BCUT2D eigenvalue weighted by Gasteiger charge is 2.47. The molecule has 1 fully saturated rings. The Balaban J connectivity index is 2.40. The molecule has 1 aliphatic heterocycles. The molecular weight excluding hydrogens is 208 g/mol. The lowest BCUT2D eigenvalue weighted by molar-refractivity contribution is -0.140. The van der Waals surface area contributed by atoms with Crippen molar-refractivity contribution in [3.63, 3.8) is 0 Å². The Morgan fingerprint density at radius 3 is 2.38 bits per heavy atom. The highest BCUT2D eigenvalue weighted by atomic mass is 16.6. The lowest BCUT2D eigenvalue weighted by atomic mass is 9.90. The number of carbonyl (C=O) groups is 1. The number of ether oxygens (including phenoxy) is 3. The third-order valence-corrected chi connectivity index (χ3v) is 3.18. The molecule has 4 atom stereocenters. The van der Waals surface area contributed by atoms with Gasteiger partial charge in [-0.15, -0.1) is 0 Å². The molecule has 2 unspecified atom stereocenters. The maximum absolute atomic E-state index is 11.1. The summed E-state index contributed by atoms with van der Waals surface area (Å²) >= 11 is 0. The summed E-state index contributed by atoms with van der Waals surface area (Å²) in [5.41, 5.74) is 0. The number of methoxy groups -OCH3 is 2.